The van der Waals surface area contributed by atoms with Gasteiger partial charge in [0, 0.05) is 6.04 Å². The van der Waals surface area contributed by atoms with Crippen molar-refractivity contribution < 1.29 is 4.39 Å². The average molecular weight is 197 g/mol. The van der Waals surface area contributed by atoms with Gasteiger partial charge in [-0.05, 0) is 19.3 Å². The minimum atomic E-state index is -0.410. The third-order valence-corrected chi connectivity index (χ3v) is 1.82. The van der Waals surface area contributed by atoms with E-state index in [9.17, 15) is 4.39 Å². The smallest absolute Gasteiger partial charge is 0.222 e. The maximum Gasteiger partial charge on any atom is 0.222 e. The first-order valence-corrected chi connectivity index (χ1v) is 4.82. The Hall–Kier alpha value is -1.19. The van der Waals surface area contributed by atoms with Crippen LogP contribution in [-0.2, 0) is 0 Å². The van der Waals surface area contributed by atoms with Gasteiger partial charge in [0.2, 0.25) is 5.95 Å². The van der Waals surface area contributed by atoms with Crippen molar-refractivity contribution in [1.29, 1.82) is 0 Å². The lowest BCUT2D eigenvalue weighted by molar-refractivity contribution is 0.536. The van der Waals surface area contributed by atoms with E-state index < -0.39 is 5.82 Å². The predicted octanol–water partition coefficient (Wildman–Crippen LogP) is 2.46. The van der Waals surface area contributed by atoms with E-state index >= 15 is 0 Å². The number of rotatable bonds is 4. The highest BCUT2D eigenvalue weighted by Gasteiger charge is 2.05. The highest BCUT2D eigenvalue weighted by molar-refractivity contribution is 5.23. The molecule has 0 aliphatic heterocycles. The summed E-state index contributed by atoms with van der Waals surface area (Å²) >= 11 is 0. The lowest BCUT2D eigenvalue weighted by Crippen LogP contribution is -2.19. The van der Waals surface area contributed by atoms with E-state index in [2.05, 4.69) is 36.1 Å². The fourth-order valence-corrected chi connectivity index (χ4v) is 1.37. The zero-order valence-corrected chi connectivity index (χ0v) is 8.79. The second-order valence-corrected chi connectivity index (χ2v) is 3.90. The average Bonchev–Trinajstić information content (AvgIpc) is 2.07. The highest BCUT2D eigenvalue weighted by atomic mass is 19.1. The molecule has 1 unspecified atom stereocenters. The van der Waals surface area contributed by atoms with Gasteiger partial charge in [-0.1, -0.05) is 13.8 Å². The molecule has 1 rings (SSSR count). The van der Waals surface area contributed by atoms with Crippen molar-refractivity contribution >= 4 is 5.95 Å². The first-order valence-electron chi connectivity index (χ1n) is 4.82. The van der Waals surface area contributed by atoms with E-state index in [0.29, 0.717) is 17.9 Å². The highest BCUT2D eigenvalue weighted by Crippen LogP contribution is 2.08. The second-order valence-electron chi connectivity index (χ2n) is 3.90. The third-order valence-electron chi connectivity index (χ3n) is 1.82. The Balaban J connectivity index is 2.47. The van der Waals surface area contributed by atoms with Crippen molar-refractivity contribution in [3.63, 3.8) is 0 Å². The normalized spacial score (nSPS) is 12.9. The SMILES string of the molecule is CC(C)CC(C)Nc1ncc(F)cn1. The predicted molar refractivity (Wildman–Crippen MR) is 54.5 cm³/mol. The lowest BCUT2D eigenvalue weighted by atomic mass is 10.1. The Bertz CT molecular complexity index is 271. The van der Waals surface area contributed by atoms with Gasteiger partial charge in [0.05, 0.1) is 12.4 Å². The minimum Gasteiger partial charge on any atom is -0.352 e. The molecule has 0 amide bonds. The molecule has 0 saturated heterocycles. The summed E-state index contributed by atoms with van der Waals surface area (Å²) in [6, 6.07) is 0.306. The fraction of sp³-hybridized carbons (Fsp3) is 0.600. The van der Waals surface area contributed by atoms with Crippen molar-refractivity contribution in [1.82, 2.24) is 9.97 Å². The molecule has 0 fully saturated rings. The molecule has 1 heterocycles. The van der Waals surface area contributed by atoms with Gasteiger partial charge in [-0.3, -0.25) is 0 Å². The summed E-state index contributed by atoms with van der Waals surface area (Å²) in [4.78, 5) is 7.66. The number of hydrogen-bond acceptors (Lipinski definition) is 3. The lowest BCUT2D eigenvalue weighted by Gasteiger charge is -2.15. The van der Waals surface area contributed by atoms with Gasteiger partial charge in [-0.25, -0.2) is 14.4 Å². The van der Waals surface area contributed by atoms with Gasteiger partial charge in [0.25, 0.3) is 0 Å². The summed E-state index contributed by atoms with van der Waals surface area (Å²) in [7, 11) is 0. The van der Waals surface area contributed by atoms with Crippen molar-refractivity contribution in [3.05, 3.63) is 18.2 Å². The van der Waals surface area contributed by atoms with Crippen LogP contribution >= 0.6 is 0 Å². The van der Waals surface area contributed by atoms with E-state index in [4.69, 9.17) is 0 Å². The maximum absolute atomic E-state index is 12.5. The molecule has 0 saturated carbocycles. The first-order chi connectivity index (χ1) is 6.58. The molecule has 78 valence electrons. The van der Waals surface area contributed by atoms with Gasteiger partial charge < -0.3 is 5.32 Å². The molecule has 1 aromatic heterocycles. The largest absolute Gasteiger partial charge is 0.352 e. The van der Waals surface area contributed by atoms with Crippen LogP contribution in [0, 0.1) is 11.7 Å². The molecule has 14 heavy (non-hydrogen) atoms. The molecule has 0 radical (unpaired) electrons. The minimum absolute atomic E-state index is 0.306. The van der Waals surface area contributed by atoms with E-state index in [0.717, 1.165) is 18.8 Å². The third kappa shape index (κ3) is 3.68. The van der Waals surface area contributed by atoms with E-state index in [1.807, 2.05) is 0 Å². The van der Waals surface area contributed by atoms with Gasteiger partial charge in [-0.15, -0.1) is 0 Å². The topological polar surface area (TPSA) is 37.8 Å². The van der Waals surface area contributed by atoms with Crippen LogP contribution in [-0.4, -0.2) is 16.0 Å². The summed E-state index contributed by atoms with van der Waals surface area (Å²) < 4.78 is 12.5. The fourth-order valence-electron chi connectivity index (χ4n) is 1.37. The van der Waals surface area contributed by atoms with Crippen molar-refractivity contribution in [2.24, 2.45) is 5.92 Å². The number of halogens is 1. The van der Waals surface area contributed by atoms with Gasteiger partial charge in [0.1, 0.15) is 0 Å². The molecular formula is C10H16FN3. The van der Waals surface area contributed by atoms with Crippen molar-refractivity contribution in [3.8, 4) is 0 Å². The summed E-state index contributed by atoms with van der Waals surface area (Å²) in [6.45, 7) is 6.38. The van der Waals surface area contributed by atoms with Crippen LogP contribution in [0.2, 0.25) is 0 Å². The van der Waals surface area contributed by atoms with E-state index in [1.54, 1.807) is 0 Å². The number of nitrogens with one attached hydrogen (secondary N) is 1. The van der Waals surface area contributed by atoms with Crippen LogP contribution in [0.4, 0.5) is 10.3 Å². The molecule has 0 spiro atoms. The Morgan fingerprint density at radius 2 is 1.86 bits per heavy atom. The quantitative estimate of drug-likeness (QED) is 0.805. The summed E-state index contributed by atoms with van der Waals surface area (Å²) in [5.41, 5.74) is 0. The summed E-state index contributed by atoms with van der Waals surface area (Å²) in [6.07, 6.45) is 3.37. The number of nitrogens with zero attached hydrogens (tertiary/aromatic N) is 2. The van der Waals surface area contributed by atoms with Crippen LogP contribution in [0.3, 0.4) is 0 Å². The standard InChI is InChI=1S/C10H16FN3/c1-7(2)4-8(3)14-10-12-5-9(11)6-13-10/h5-8H,4H2,1-3H3,(H,12,13,14). The number of anilines is 1. The van der Waals surface area contributed by atoms with Crippen molar-refractivity contribution in [2.45, 2.75) is 33.2 Å². The summed E-state index contributed by atoms with van der Waals surface area (Å²) in [5, 5.41) is 3.11. The zero-order valence-electron chi connectivity index (χ0n) is 8.79. The van der Waals surface area contributed by atoms with E-state index in [1.165, 1.54) is 0 Å². The Labute approximate surface area is 83.8 Å². The van der Waals surface area contributed by atoms with Gasteiger partial charge in [0.15, 0.2) is 5.82 Å². The Morgan fingerprint density at radius 3 is 2.36 bits per heavy atom. The van der Waals surface area contributed by atoms with Gasteiger partial charge >= 0.3 is 0 Å². The van der Waals surface area contributed by atoms with Crippen LogP contribution in [0.25, 0.3) is 0 Å². The molecule has 4 heteroatoms. The Morgan fingerprint density at radius 1 is 1.29 bits per heavy atom. The summed E-state index contributed by atoms with van der Waals surface area (Å²) in [5.74, 6) is 0.699. The van der Waals surface area contributed by atoms with Gasteiger partial charge in [-0.2, -0.15) is 0 Å². The molecule has 0 aliphatic rings. The molecule has 1 atom stereocenters. The van der Waals surface area contributed by atoms with Crippen LogP contribution in [0.15, 0.2) is 12.4 Å². The molecule has 1 aromatic rings. The van der Waals surface area contributed by atoms with Crippen LogP contribution in [0.1, 0.15) is 27.2 Å². The maximum atomic E-state index is 12.5. The van der Waals surface area contributed by atoms with Crippen LogP contribution < -0.4 is 5.32 Å². The molecule has 0 aliphatic carbocycles. The monoisotopic (exact) mass is 197 g/mol. The molecule has 0 bridgehead atoms. The Kier molecular flexibility index (Phi) is 3.80. The molecule has 1 N–H and O–H groups in total. The zero-order chi connectivity index (χ0) is 10.6. The number of hydrogen-bond donors (Lipinski definition) is 1. The van der Waals surface area contributed by atoms with Crippen molar-refractivity contribution in [2.75, 3.05) is 5.32 Å². The van der Waals surface area contributed by atoms with E-state index in [-0.39, 0.29) is 0 Å². The van der Waals surface area contributed by atoms with Crippen LogP contribution in [0.5, 0.6) is 0 Å². The second kappa shape index (κ2) is 4.88. The molecule has 3 nitrogen and oxygen atoms in total. The molecular weight excluding hydrogens is 181 g/mol. The molecule has 0 aromatic carbocycles. The number of aromatic nitrogens is 2. The first kappa shape index (κ1) is 10.9.